The van der Waals surface area contributed by atoms with E-state index in [9.17, 15) is 18.8 Å². The summed E-state index contributed by atoms with van der Waals surface area (Å²) in [6, 6.07) is 12.5. The Bertz CT molecular complexity index is 991. The number of nitrogens with zero attached hydrogens (tertiary/aromatic N) is 2. The topological polar surface area (TPSA) is 66.9 Å². The van der Waals surface area contributed by atoms with Gasteiger partial charge in [0.15, 0.2) is 0 Å². The highest BCUT2D eigenvalue weighted by Crippen LogP contribution is 2.28. The van der Waals surface area contributed by atoms with E-state index in [-0.39, 0.29) is 18.4 Å². The molecule has 0 spiro atoms. The van der Waals surface area contributed by atoms with Crippen molar-refractivity contribution in [2.75, 3.05) is 20.2 Å². The molecule has 7 heteroatoms. The van der Waals surface area contributed by atoms with Crippen LogP contribution in [0.1, 0.15) is 34.3 Å². The first kappa shape index (κ1) is 21.0. The van der Waals surface area contributed by atoms with Gasteiger partial charge < -0.3 is 14.5 Å². The van der Waals surface area contributed by atoms with Crippen LogP contribution < -0.4 is 0 Å². The monoisotopic (exact) mass is 424 g/mol. The second kappa shape index (κ2) is 8.88. The first-order valence-electron chi connectivity index (χ1n) is 10.5. The average molecular weight is 424 g/mol. The van der Waals surface area contributed by atoms with Crippen LogP contribution in [-0.4, -0.2) is 53.8 Å². The minimum Gasteiger partial charge on any atom is -0.467 e. The van der Waals surface area contributed by atoms with Gasteiger partial charge in [-0.15, -0.1) is 0 Å². The molecule has 0 radical (unpaired) electrons. The number of ether oxygens (including phenoxy) is 1. The number of fused-ring (bicyclic) bond motifs is 1. The van der Waals surface area contributed by atoms with Crippen molar-refractivity contribution in [3.63, 3.8) is 0 Å². The number of benzene rings is 2. The molecule has 0 bridgehead atoms. The lowest BCUT2D eigenvalue weighted by molar-refractivity contribution is -0.156. The van der Waals surface area contributed by atoms with Crippen molar-refractivity contribution >= 4 is 17.8 Å². The number of carbonyl (C=O) groups is 3. The number of hydrogen-bond acceptors (Lipinski definition) is 4. The lowest BCUT2D eigenvalue weighted by atomic mass is 9.90. The molecule has 6 nitrogen and oxygen atoms in total. The second-order valence-corrected chi connectivity index (χ2v) is 8.08. The number of carbonyl (C=O) groups excluding carboxylic acids is 3. The van der Waals surface area contributed by atoms with Crippen molar-refractivity contribution < 1.29 is 23.5 Å². The molecule has 2 amide bonds. The molecule has 1 fully saturated rings. The minimum absolute atomic E-state index is 0.137. The van der Waals surface area contributed by atoms with Gasteiger partial charge in [0.2, 0.25) is 5.91 Å². The highest BCUT2D eigenvalue weighted by atomic mass is 19.1. The number of rotatable bonds is 3. The maximum absolute atomic E-state index is 13.5. The van der Waals surface area contributed by atoms with E-state index in [1.807, 2.05) is 24.3 Å². The van der Waals surface area contributed by atoms with E-state index in [0.29, 0.717) is 37.9 Å². The van der Waals surface area contributed by atoms with Crippen molar-refractivity contribution in [3.05, 3.63) is 71.0 Å². The number of methoxy groups -OCH3 is 1. The Labute approximate surface area is 180 Å². The molecule has 2 unspecified atom stereocenters. The zero-order valence-corrected chi connectivity index (χ0v) is 17.4. The molecule has 2 aromatic carbocycles. The predicted molar refractivity (Wildman–Crippen MR) is 112 cm³/mol. The van der Waals surface area contributed by atoms with Gasteiger partial charge in [-0.3, -0.25) is 9.59 Å². The summed E-state index contributed by atoms with van der Waals surface area (Å²) < 4.78 is 18.2. The van der Waals surface area contributed by atoms with Crippen LogP contribution in [0.2, 0.25) is 0 Å². The molecule has 162 valence electrons. The van der Waals surface area contributed by atoms with Gasteiger partial charge in [0, 0.05) is 31.6 Å². The summed E-state index contributed by atoms with van der Waals surface area (Å²) in [6.07, 6.45) is 1.76. The van der Waals surface area contributed by atoms with Gasteiger partial charge >= 0.3 is 5.97 Å². The van der Waals surface area contributed by atoms with Gasteiger partial charge in [-0.1, -0.05) is 24.3 Å². The number of halogens is 1. The van der Waals surface area contributed by atoms with Crippen LogP contribution in [-0.2, 0) is 27.3 Å². The van der Waals surface area contributed by atoms with Gasteiger partial charge in [0.1, 0.15) is 11.9 Å². The molecule has 2 aromatic rings. The Kier molecular flexibility index (Phi) is 6.02. The molecular weight excluding hydrogens is 399 g/mol. The van der Waals surface area contributed by atoms with Gasteiger partial charge in [0.05, 0.1) is 13.0 Å². The van der Waals surface area contributed by atoms with Crippen molar-refractivity contribution in [2.45, 2.75) is 31.8 Å². The highest BCUT2D eigenvalue weighted by Gasteiger charge is 2.39. The fraction of sp³-hybridized carbons (Fsp3) is 0.375. The summed E-state index contributed by atoms with van der Waals surface area (Å²) in [6.45, 7) is 1.17. The summed E-state index contributed by atoms with van der Waals surface area (Å²) in [5.41, 5.74) is 2.46. The lowest BCUT2D eigenvalue weighted by Crippen LogP contribution is -2.53. The van der Waals surface area contributed by atoms with E-state index in [1.165, 1.54) is 31.4 Å². The van der Waals surface area contributed by atoms with E-state index in [2.05, 4.69) is 0 Å². The molecule has 4 rings (SSSR count). The number of esters is 1. The van der Waals surface area contributed by atoms with Crippen molar-refractivity contribution in [2.24, 2.45) is 5.92 Å². The summed E-state index contributed by atoms with van der Waals surface area (Å²) >= 11 is 0. The molecule has 2 heterocycles. The van der Waals surface area contributed by atoms with Gasteiger partial charge in [-0.05, 0) is 48.2 Å². The summed E-state index contributed by atoms with van der Waals surface area (Å²) in [5, 5.41) is 0. The Hall–Kier alpha value is -3.22. The first-order valence-corrected chi connectivity index (χ1v) is 10.5. The highest BCUT2D eigenvalue weighted by molar-refractivity contribution is 5.95. The summed E-state index contributed by atoms with van der Waals surface area (Å²) in [5.74, 6) is -1.58. The molecule has 2 atom stereocenters. The van der Waals surface area contributed by atoms with E-state index in [1.54, 1.807) is 9.80 Å². The SMILES string of the molecule is COC(=O)C1Cc2ccccc2CN1C(=O)C1CCCN(C(=O)c2ccc(F)cc2)C1. The summed E-state index contributed by atoms with van der Waals surface area (Å²) in [7, 11) is 1.33. The van der Waals surface area contributed by atoms with Crippen LogP contribution in [0.5, 0.6) is 0 Å². The first-order chi connectivity index (χ1) is 15.0. The van der Waals surface area contributed by atoms with Gasteiger partial charge in [-0.25, -0.2) is 9.18 Å². The van der Waals surface area contributed by atoms with Crippen LogP contribution in [0.15, 0.2) is 48.5 Å². The van der Waals surface area contributed by atoms with Crippen LogP contribution in [0.25, 0.3) is 0 Å². The quantitative estimate of drug-likeness (QED) is 0.711. The van der Waals surface area contributed by atoms with E-state index in [0.717, 1.165) is 11.1 Å². The molecule has 31 heavy (non-hydrogen) atoms. The van der Waals surface area contributed by atoms with E-state index in [4.69, 9.17) is 4.74 Å². The molecule has 2 aliphatic rings. The molecule has 0 aliphatic carbocycles. The molecule has 0 N–H and O–H groups in total. The maximum Gasteiger partial charge on any atom is 0.328 e. The van der Waals surface area contributed by atoms with Crippen molar-refractivity contribution in [1.82, 2.24) is 9.80 Å². The minimum atomic E-state index is -0.671. The third kappa shape index (κ3) is 4.31. The smallest absolute Gasteiger partial charge is 0.328 e. The molecule has 0 saturated carbocycles. The van der Waals surface area contributed by atoms with Crippen LogP contribution in [0, 0.1) is 11.7 Å². The standard InChI is InChI=1S/C24H25FN2O4/c1-31-24(30)21-13-17-5-2-3-6-18(17)15-27(21)23(29)19-7-4-12-26(14-19)22(28)16-8-10-20(25)11-9-16/h2-3,5-6,8-11,19,21H,4,7,12-15H2,1H3. The van der Waals surface area contributed by atoms with Crippen molar-refractivity contribution in [1.29, 1.82) is 0 Å². The van der Waals surface area contributed by atoms with Gasteiger partial charge in [-0.2, -0.15) is 0 Å². The molecular formula is C24H25FN2O4. The third-order valence-corrected chi connectivity index (χ3v) is 6.15. The van der Waals surface area contributed by atoms with Crippen LogP contribution in [0.4, 0.5) is 4.39 Å². The fourth-order valence-electron chi connectivity index (χ4n) is 4.47. The predicted octanol–water partition coefficient (Wildman–Crippen LogP) is 2.80. The third-order valence-electron chi connectivity index (χ3n) is 6.15. The molecule has 2 aliphatic heterocycles. The van der Waals surface area contributed by atoms with E-state index < -0.39 is 23.7 Å². The average Bonchev–Trinajstić information content (AvgIpc) is 2.82. The zero-order chi connectivity index (χ0) is 22.0. The second-order valence-electron chi connectivity index (χ2n) is 8.08. The zero-order valence-electron chi connectivity index (χ0n) is 17.4. The Balaban J connectivity index is 1.52. The maximum atomic E-state index is 13.5. The van der Waals surface area contributed by atoms with Crippen LogP contribution in [0.3, 0.4) is 0 Å². The summed E-state index contributed by atoms with van der Waals surface area (Å²) in [4.78, 5) is 42.0. The lowest BCUT2D eigenvalue weighted by Gasteiger charge is -2.39. The number of hydrogen-bond donors (Lipinski definition) is 0. The van der Waals surface area contributed by atoms with Gasteiger partial charge in [0.25, 0.3) is 5.91 Å². The largest absolute Gasteiger partial charge is 0.467 e. The molecule has 1 saturated heterocycles. The normalized spacial score (nSPS) is 20.7. The molecule has 0 aromatic heterocycles. The van der Waals surface area contributed by atoms with Crippen LogP contribution >= 0.6 is 0 Å². The Morgan fingerprint density at radius 1 is 1.03 bits per heavy atom. The number of piperidine rings is 1. The number of likely N-dealkylation sites (tertiary alicyclic amines) is 1. The Morgan fingerprint density at radius 3 is 2.45 bits per heavy atom. The van der Waals surface area contributed by atoms with E-state index >= 15 is 0 Å². The van der Waals surface area contributed by atoms with Crippen molar-refractivity contribution in [3.8, 4) is 0 Å². The fourth-order valence-corrected chi connectivity index (χ4v) is 4.47. The Morgan fingerprint density at radius 2 is 1.74 bits per heavy atom. The number of amides is 2.